The Bertz CT molecular complexity index is 1240. The van der Waals surface area contributed by atoms with Gasteiger partial charge in [-0.1, -0.05) is 41.0 Å². The van der Waals surface area contributed by atoms with Crippen LogP contribution in [0.4, 0.5) is 5.88 Å². The van der Waals surface area contributed by atoms with Crippen LogP contribution in [0, 0.1) is 0 Å². The first-order valence-electron chi connectivity index (χ1n) is 9.63. The van der Waals surface area contributed by atoms with Crippen molar-refractivity contribution >= 4 is 23.4 Å². The van der Waals surface area contributed by atoms with Crippen LogP contribution in [0.25, 0.3) is 22.5 Å². The summed E-state index contributed by atoms with van der Waals surface area (Å²) in [5, 5.41) is 7.51. The van der Waals surface area contributed by atoms with Gasteiger partial charge in [0.2, 0.25) is 11.8 Å². The number of aromatic nitrogens is 3. The highest BCUT2D eigenvalue weighted by Gasteiger charge is 2.25. The molecule has 0 aliphatic carbocycles. The number of nitrogens with zero attached hydrogens (tertiary/aromatic N) is 3. The van der Waals surface area contributed by atoms with Gasteiger partial charge in [-0.05, 0) is 29.8 Å². The molecule has 4 aromatic rings. The highest BCUT2D eigenvalue weighted by Crippen LogP contribution is 2.43. The quantitative estimate of drug-likeness (QED) is 0.437. The van der Waals surface area contributed by atoms with Crippen LogP contribution in [0.2, 0.25) is 5.02 Å². The Labute approximate surface area is 189 Å². The number of para-hydroxylation sites is 1. The fourth-order valence-corrected chi connectivity index (χ4v) is 3.50. The minimum atomic E-state index is -0.311. The molecule has 0 spiro atoms. The number of nitrogens with one attached hydrogen (secondary N) is 1. The molecular formula is C23H19ClN4O4. The van der Waals surface area contributed by atoms with Gasteiger partial charge in [0, 0.05) is 11.2 Å². The molecule has 0 saturated carbocycles. The zero-order chi connectivity index (χ0) is 22.5. The first kappa shape index (κ1) is 21.3. The topological polar surface area (TPSA) is 99.4 Å². The third kappa shape index (κ3) is 4.26. The van der Waals surface area contributed by atoms with Crippen molar-refractivity contribution in [2.75, 3.05) is 19.5 Å². The largest absolute Gasteiger partial charge is 0.493 e. The summed E-state index contributed by atoms with van der Waals surface area (Å²) in [6.45, 7) is 0. The predicted molar refractivity (Wildman–Crippen MR) is 120 cm³/mol. The Morgan fingerprint density at radius 3 is 2.66 bits per heavy atom. The average molecular weight is 451 g/mol. The van der Waals surface area contributed by atoms with Crippen LogP contribution in [-0.2, 0) is 11.2 Å². The molecular weight excluding hydrogens is 432 g/mol. The number of hydrogen-bond acceptors (Lipinski definition) is 7. The second-order valence-electron chi connectivity index (χ2n) is 6.69. The number of carbonyl (C=O) groups is 1. The fourth-order valence-electron chi connectivity index (χ4n) is 3.29. The third-order valence-corrected chi connectivity index (χ3v) is 5.12. The van der Waals surface area contributed by atoms with Gasteiger partial charge in [0.25, 0.3) is 0 Å². The van der Waals surface area contributed by atoms with E-state index in [2.05, 4.69) is 20.4 Å². The summed E-state index contributed by atoms with van der Waals surface area (Å²) in [6.07, 6.45) is 3.07. The van der Waals surface area contributed by atoms with Crippen LogP contribution < -0.4 is 14.8 Å². The molecule has 2 heterocycles. The van der Waals surface area contributed by atoms with Crippen molar-refractivity contribution in [2.24, 2.45) is 0 Å². The van der Waals surface area contributed by atoms with Crippen LogP contribution in [-0.4, -0.2) is 35.3 Å². The molecule has 0 unspecified atom stereocenters. The lowest BCUT2D eigenvalue weighted by atomic mass is 10.0. The molecule has 0 atom stereocenters. The highest BCUT2D eigenvalue weighted by atomic mass is 35.5. The van der Waals surface area contributed by atoms with Gasteiger partial charge >= 0.3 is 0 Å². The monoisotopic (exact) mass is 450 g/mol. The van der Waals surface area contributed by atoms with Crippen molar-refractivity contribution < 1.29 is 18.8 Å². The maximum absolute atomic E-state index is 12.8. The normalized spacial score (nSPS) is 10.6. The zero-order valence-corrected chi connectivity index (χ0v) is 18.1. The lowest BCUT2D eigenvalue weighted by Gasteiger charge is -2.12. The smallest absolute Gasteiger partial charge is 0.241 e. The van der Waals surface area contributed by atoms with Crippen LogP contribution >= 0.6 is 11.6 Å². The second-order valence-corrected chi connectivity index (χ2v) is 7.09. The zero-order valence-electron chi connectivity index (χ0n) is 17.3. The number of anilines is 1. The minimum Gasteiger partial charge on any atom is -0.493 e. The van der Waals surface area contributed by atoms with Gasteiger partial charge in [0.1, 0.15) is 12.0 Å². The van der Waals surface area contributed by atoms with E-state index in [4.69, 9.17) is 25.6 Å². The molecule has 0 radical (unpaired) electrons. The first-order valence-corrected chi connectivity index (χ1v) is 10.0. The average Bonchev–Trinajstić information content (AvgIpc) is 3.23. The van der Waals surface area contributed by atoms with Crippen LogP contribution in [0.1, 0.15) is 5.56 Å². The third-order valence-electron chi connectivity index (χ3n) is 4.75. The molecule has 4 rings (SSSR count). The van der Waals surface area contributed by atoms with E-state index in [1.807, 2.05) is 18.2 Å². The van der Waals surface area contributed by atoms with Crippen molar-refractivity contribution in [1.29, 1.82) is 0 Å². The van der Waals surface area contributed by atoms with E-state index in [1.54, 1.807) is 43.6 Å². The molecule has 162 valence electrons. The van der Waals surface area contributed by atoms with E-state index in [9.17, 15) is 4.79 Å². The summed E-state index contributed by atoms with van der Waals surface area (Å²) in [5.41, 5.74) is 2.77. The van der Waals surface area contributed by atoms with Crippen molar-refractivity contribution in [2.45, 2.75) is 6.42 Å². The Kier molecular flexibility index (Phi) is 6.32. The lowest BCUT2D eigenvalue weighted by Crippen LogP contribution is -2.14. The summed E-state index contributed by atoms with van der Waals surface area (Å²) in [7, 11) is 3.09. The first-order chi connectivity index (χ1) is 15.6. The number of amides is 1. The standard InChI is InChI=1S/C23H19ClN4O4/c1-30-18-9-5-7-15(22(18)31-2)21-20(17-10-11-25-13-26-17)23(32-28-21)27-19(29)12-14-6-3-4-8-16(14)24/h3-11,13H,12H2,1-2H3,(H,27,29). The van der Waals surface area contributed by atoms with E-state index in [-0.39, 0.29) is 18.2 Å². The number of methoxy groups -OCH3 is 2. The maximum atomic E-state index is 12.8. The van der Waals surface area contributed by atoms with Gasteiger partial charge in [0.15, 0.2) is 11.5 Å². The summed E-state index contributed by atoms with van der Waals surface area (Å²) in [5.74, 6) is 0.854. The maximum Gasteiger partial charge on any atom is 0.241 e. The second kappa shape index (κ2) is 9.49. The molecule has 2 aromatic carbocycles. The van der Waals surface area contributed by atoms with Crippen molar-refractivity contribution in [3.63, 3.8) is 0 Å². The van der Waals surface area contributed by atoms with Crippen molar-refractivity contribution in [3.05, 3.63) is 71.6 Å². The van der Waals surface area contributed by atoms with E-state index in [0.717, 1.165) is 0 Å². The van der Waals surface area contributed by atoms with Gasteiger partial charge < -0.3 is 14.0 Å². The van der Waals surface area contributed by atoms with Gasteiger partial charge in [-0.25, -0.2) is 9.97 Å². The number of benzene rings is 2. The van der Waals surface area contributed by atoms with Crippen LogP contribution in [0.15, 0.2) is 65.6 Å². The fraction of sp³-hybridized carbons (Fsp3) is 0.130. The van der Waals surface area contributed by atoms with E-state index >= 15 is 0 Å². The van der Waals surface area contributed by atoms with Gasteiger partial charge in [-0.2, -0.15) is 0 Å². The van der Waals surface area contributed by atoms with Crippen LogP contribution in [0.5, 0.6) is 11.5 Å². The van der Waals surface area contributed by atoms with Gasteiger partial charge in [-0.15, -0.1) is 0 Å². The van der Waals surface area contributed by atoms with E-state index < -0.39 is 0 Å². The van der Waals surface area contributed by atoms with Crippen molar-refractivity contribution in [3.8, 4) is 34.0 Å². The molecule has 0 bridgehead atoms. The SMILES string of the molecule is COc1cccc(-c2noc(NC(=O)Cc3ccccc3Cl)c2-c2ccncn2)c1OC. The number of hydrogen-bond donors (Lipinski definition) is 1. The number of rotatable bonds is 7. The van der Waals surface area contributed by atoms with Gasteiger partial charge in [0.05, 0.1) is 37.5 Å². The number of ether oxygens (including phenoxy) is 2. The molecule has 9 heteroatoms. The molecule has 0 fully saturated rings. The Morgan fingerprint density at radius 2 is 1.94 bits per heavy atom. The molecule has 0 aliphatic heterocycles. The summed E-state index contributed by atoms with van der Waals surface area (Å²) in [4.78, 5) is 21.0. The summed E-state index contributed by atoms with van der Waals surface area (Å²) < 4.78 is 16.5. The van der Waals surface area contributed by atoms with E-state index in [1.165, 1.54) is 13.4 Å². The molecule has 8 nitrogen and oxygen atoms in total. The van der Waals surface area contributed by atoms with Gasteiger partial charge in [-0.3, -0.25) is 10.1 Å². The molecule has 32 heavy (non-hydrogen) atoms. The Hall–Kier alpha value is -3.91. The molecule has 0 aliphatic rings. The van der Waals surface area contributed by atoms with Crippen molar-refractivity contribution in [1.82, 2.24) is 15.1 Å². The summed E-state index contributed by atoms with van der Waals surface area (Å²) >= 11 is 6.19. The highest BCUT2D eigenvalue weighted by molar-refractivity contribution is 6.31. The Balaban J connectivity index is 1.76. The Morgan fingerprint density at radius 1 is 1.09 bits per heavy atom. The molecule has 2 aromatic heterocycles. The van der Waals surface area contributed by atoms with Crippen LogP contribution in [0.3, 0.4) is 0 Å². The predicted octanol–water partition coefficient (Wildman–Crippen LogP) is 4.65. The molecule has 1 N–H and O–H groups in total. The molecule has 1 amide bonds. The number of halogens is 1. The number of carbonyl (C=O) groups excluding carboxylic acids is 1. The lowest BCUT2D eigenvalue weighted by molar-refractivity contribution is -0.115. The van der Waals surface area contributed by atoms with E-state index in [0.29, 0.717) is 44.6 Å². The summed E-state index contributed by atoms with van der Waals surface area (Å²) in [6, 6.07) is 14.3. The molecule has 0 saturated heterocycles. The minimum absolute atomic E-state index is 0.0708.